The molecule has 0 bridgehead atoms. The van der Waals surface area contributed by atoms with Gasteiger partial charge in [-0.2, -0.15) is 0 Å². The molecule has 5 nitrogen and oxygen atoms in total. The van der Waals surface area contributed by atoms with Gasteiger partial charge in [0.05, 0.1) is 6.10 Å². The fourth-order valence-corrected chi connectivity index (χ4v) is 6.60. The second-order valence-corrected chi connectivity index (χ2v) is 11.6. The number of carbonyl (C=O) groups excluding carboxylic acids is 1. The second-order valence-electron chi connectivity index (χ2n) is 11.6. The van der Waals surface area contributed by atoms with E-state index >= 15 is 0 Å². The SMILES string of the molecule is C=C1C(=CC=C2CCC[C@]3(C)C(CC)=CC[C@@H]23)C[C@](O)(OCC(=O)OC(CCCC)CCCC)C[C@@H]1O. The third-order valence-electron chi connectivity index (χ3n) is 8.90. The Hall–Kier alpha value is -1.69. The molecule has 0 aliphatic heterocycles. The maximum absolute atomic E-state index is 12.5. The van der Waals surface area contributed by atoms with Gasteiger partial charge in [0, 0.05) is 12.8 Å². The maximum Gasteiger partial charge on any atom is 0.332 e. The van der Waals surface area contributed by atoms with E-state index in [4.69, 9.17) is 9.47 Å². The number of carbonyl (C=O) groups is 1. The minimum atomic E-state index is -1.63. The summed E-state index contributed by atoms with van der Waals surface area (Å²) in [7, 11) is 0. The fourth-order valence-electron chi connectivity index (χ4n) is 6.60. The Morgan fingerprint density at radius 2 is 1.92 bits per heavy atom. The van der Waals surface area contributed by atoms with Crippen molar-refractivity contribution in [1.29, 1.82) is 0 Å². The van der Waals surface area contributed by atoms with E-state index in [1.807, 2.05) is 6.08 Å². The molecule has 0 aromatic rings. The van der Waals surface area contributed by atoms with Crippen LogP contribution in [0, 0.1) is 11.3 Å². The molecule has 2 fully saturated rings. The molecule has 0 aromatic carbocycles. The van der Waals surface area contributed by atoms with E-state index in [-0.39, 0.29) is 31.0 Å². The van der Waals surface area contributed by atoms with E-state index in [9.17, 15) is 15.0 Å². The molecule has 2 N–H and O–H groups in total. The Labute approximate surface area is 224 Å². The van der Waals surface area contributed by atoms with Crippen molar-refractivity contribution in [3.8, 4) is 0 Å². The van der Waals surface area contributed by atoms with Crippen LogP contribution >= 0.6 is 0 Å². The predicted octanol–water partition coefficient (Wildman–Crippen LogP) is 7.09. The fraction of sp³-hybridized carbons (Fsp3) is 0.719. The lowest BCUT2D eigenvalue weighted by Gasteiger charge is -2.41. The van der Waals surface area contributed by atoms with E-state index in [0.29, 0.717) is 11.5 Å². The molecular weight excluding hydrogens is 464 g/mol. The minimum Gasteiger partial charge on any atom is -0.461 e. The number of ether oxygens (including phenoxy) is 2. The molecule has 0 unspecified atom stereocenters. The van der Waals surface area contributed by atoms with E-state index < -0.39 is 17.9 Å². The van der Waals surface area contributed by atoms with Crippen molar-refractivity contribution in [2.45, 2.75) is 129 Å². The molecule has 37 heavy (non-hydrogen) atoms. The van der Waals surface area contributed by atoms with Gasteiger partial charge in [0.15, 0.2) is 5.79 Å². The normalized spacial score (nSPS) is 32.2. The molecule has 3 aliphatic rings. The first-order valence-electron chi connectivity index (χ1n) is 14.7. The van der Waals surface area contributed by atoms with Crippen LogP contribution in [0.5, 0.6) is 0 Å². The Morgan fingerprint density at radius 3 is 2.57 bits per heavy atom. The van der Waals surface area contributed by atoms with Crippen LogP contribution in [-0.4, -0.2) is 40.8 Å². The van der Waals surface area contributed by atoms with Gasteiger partial charge >= 0.3 is 5.97 Å². The summed E-state index contributed by atoms with van der Waals surface area (Å²) < 4.78 is 11.4. The van der Waals surface area contributed by atoms with Crippen molar-refractivity contribution in [1.82, 2.24) is 0 Å². The van der Waals surface area contributed by atoms with Crippen LogP contribution in [0.25, 0.3) is 0 Å². The molecule has 0 radical (unpaired) electrons. The molecule has 3 aliphatic carbocycles. The number of unbranched alkanes of at least 4 members (excludes halogenated alkanes) is 2. The molecular formula is C32H50O5. The molecule has 208 valence electrons. The molecule has 0 spiro atoms. The molecule has 2 saturated carbocycles. The first kappa shape index (κ1) is 29.9. The van der Waals surface area contributed by atoms with Gasteiger partial charge in [-0.05, 0) is 67.4 Å². The molecule has 4 atom stereocenters. The lowest BCUT2D eigenvalue weighted by molar-refractivity contribution is -0.226. The molecule has 0 amide bonds. The topological polar surface area (TPSA) is 76.0 Å². The number of esters is 1. The number of aliphatic hydroxyl groups is 2. The van der Waals surface area contributed by atoms with Gasteiger partial charge in [-0.1, -0.05) is 89.3 Å². The van der Waals surface area contributed by atoms with Crippen LogP contribution in [0.4, 0.5) is 0 Å². The summed E-state index contributed by atoms with van der Waals surface area (Å²) >= 11 is 0. The lowest BCUT2D eigenvalue weighted by atomic mass is 9.64. The van der Waals surface area contributed by atoms with Crippen molar-refractivity contribution in [3.63, 3.8) is 0 Å². The molecule has 0 saturated heterocycles. The summed E-state index contributed by atoms with van der Waals surface area (Å²) in [5, 5.41) is 21.8. The molecule has 5 heteroatoms. The van der Waals surface area contributed by atoms with Crippen molar-refractivity contribution < 1.29 is 24.5 Å². The van der Waals surface area contributed by atoms with Crippen molar-refractivity contribution in [2.75, 3.05) is 6.61 Å². The third-order valence-corrected chi connectivity index (χ3v) is 8.90. The number of allylic oxidation sites excluding steroid dienone is 5. The first-order valence-corrected chi connectivity index (χ1v) is 14.7. The van der Waals surface area contributed by atoms with Gasteiger partial charge in [-0.25, -0.2) is 4.79 Å². The minimum absolute atomic E-state index is 0.00734. The highest BCUT2D eigenvalue weighted by molar-refractivity contribution is 5.71. The van der Waals surface area contributed by atoms with Crippen LogP contribution in [0.15, 0.2) is 47.1 Å². The number of rotatable bonds is 12. The summed E-state index contributed by atoms with van der Waals surface area (Å²) in [6, 6.07) is 0. The first-order chi connectivity index (χ1) is 17.7. The Kier molecular flexibility index (Phi) is 10.8. The standard InChI is InChI=1S/C32H50O5/c1-6-9-13-27(14-10-7-2)37-30(34)22-36-32(35)20-25(23(4)29(33)21-32)16-15-24-12-11-19-31(5)26(8-3)17-18-28(24)31/h15-17,27-29,33,35H,4,6-14,18-22H2,1-3,5H3/t28-,29-,31+,32-/m0/s1. The summed E-state index contributed by atoms with van der Waals surface area (Å²) in [6.07, 6.45) is 17.3. The predicted molar refractivity (Wildman–Crippen MR) is 149 cm³/mol. The monoisotopic (exact) mass is 514 g/mol. The van der Waals surface area contributed by atoms with Crippen molar-refractivity contribution in [2.24, 2.45) is 11.3 Å². The highest BCUT2D eigenvalue weighted by Crippen LogP contribution is 2.55. The highest BCUT2D eigenvalue weighted by Gasteiger charge is 2.44. The van der Waals surface area contributed by atoms with E-state index in [0.717, 1.165) is 63.4 Å². The van der Waals surface area contributed by atoms with Crippen LogP contribution in [-0.2, 0) is 14.3 Å². The largest absolute Gasteiger partial charge is 0.461 e. The zero-order valence-electron chi connectivity index (χ0n) is 23.7. The van der Waals surface area contributed by atoms with Crippen LogP contribution in [0.3, 0.4) is 0 Å². The summed E-state index contributed by atoms with van der Waals surface area (Å²) in [4.78, 5) is 12.5. The molecule has 3 rings (SSSR count). The molecule has 0 heterocycles. The number of aliphatic hydroxyl groups excluding tert-OH is 1. The lowest BCUT2D eigenvalue weighted by Crippen LogP contribution is -2.43. The summed E-state index contributed by atoms with van der Waals surface area (Å²) in [6.45, 7) is 12.7. The average molecular weight is 515 g/mol. The smallest absolute Gasteiger partial charge is 0.332 e. The number of hydrogen-bond acceptors (Lipinski definition) is 5. The van der Waals surface area contributed by atoms with Gasteiger partial charge in [-0.15, -0.1) is 0 Å². The Balaban J connectivity index is 1.65. The van der Waals surface area contributed by atoms with Crippen molar-refractivity contribution >= 4 is 5.97 Å². The second kappa shape index (κ2) is 13.4. The quantitative estimate of drug-likeness (QED) is 0.165. The zero-order chi connectivity index (χ0) is 27.1. The average Bonchev–Trinajstić information content (AvgIpc) is 3.22. The highest BCUT2D eigenvalue weighted by atomic mass is 16.6. The summed E-state index contributed by atoms with van der Waals surface area (Å²) in [5.74, 6) is -1.57. The van der Waals surface area contributed by atoms with Crippen LogP contribution < -0.4 is 0 Å². The Morgan fingerprint density at radius 1 is 1.22 bits per heavy atom. The third kappa shape index (κ3) is 7.46. The van der Waals surface area contributed by atoms with Crippen LogP contribution in [0.1, 0.15) is 111 Å². The number of hydrogen-bond donors (Lipinski definition) is 2. The van der Waals surface area contributed by atoms with Gasteiger partial charge in [-0.3, -0.25) is 0 Å². The van der Waals surface area contributed by atoms with E-state index in [1.165, 1.54) is 18.4 Å². The number of fused-ring (bicyclic) bond motifs is 1. The van der Waals surface area contributed by atoms with Crippen LogP contribution in [0.2, 0.25) is 0 Å². The van der Waals surface area contributed by atoms with Crippen molar-refractivity contribution in [3.05, 3.63) is 47.1 Å². The zero-order valence-corrected chi connectivity index (χ0v) is 23.7. The Bertz CT molecular complexity index is 891. The molecule has 0 aromatic heterocycles. The van der Waals surface area contributed by atoms with Gasteiger partial charge in [0.2, 0.25) is 0 Å². The van der Waals surface area contributed by atoms with Gasteiger partial charge in [0.25, 0.3) is 0 Å². The van der Waals surface area contributed by atoms with E-state index in [2.05, 4.69) is 46.4 Å². The summed E-state index contributed by atoms with van der Waals surface area (Å²) in [5.41, 5.74) is 4.65. The van der Waals surface area contributed by atoms with E-state index in [1.54, 1.807) is 5.57 Å². The van der Waals surface area contributed by atoms with Gasteiger partial charge < -0.3 is 19.7 Å². The maximum atomic E-state index is 12.5. The van der Waals surface area contributed by atoms with Gasteiger partial charge in [0.1, 0.15) is 12.7 Å².